The van der Waals surface area contributed by atoms with E-state index in [1.165, 1.54) is 12.4 Å². The van der Waals surface area contributed by atoms with Gasteiger partial charge in [-0.25, -0.2) is 14.4 Å². The van der Waals surface area contributed by atoms with Crippen LogP contribution in [0.4, 0.5) is 17.6 Å². The Bertz CT molecular complexity index is 538. The van der Waals surface area contributed by atoms with E-state index in [1.54, 1.807) is 6.07 Å². The van der Waals surface area contributed by atoms with Crippen LogP contribution < -0.4 is 0 Å². The Morgan fingerprint density at radius 1 is 1.00 bits per heavy atom. The van der Waals surface area contributed by atoms with E-state index in [2.05, 4.69) is 9.97 Å². The molecule has 0 atom stereocenters. The van der Waals surface area contributed by atoms with Crippen molar-refractivity contribution in [2.75, 3.05) is 0 Å². The van der Waals surface area contributed by atoms with Gasteiger partial charge in [-0.1, -0.05) is 0 Å². The highest BCUT2D eigenvalue weighted by Crippen LogP contribution is 2.30. The van der Waals surface area contributed by atoms with Crippen molar-refractivity contribution in [3.8, 4) is 0 Å². The van der Waals surface area contributed by atoms with Crippen molar-refractivity contribution in [3.05, 3.63) is 59.4 Å². The van der Waals surface area contributed by atoms with Gasteiger partial charge in [0.15, 0.2) is 0 Å². The van der Waals surface area contributed by atoms with Crippen molar-refractivity contribution >= 4 is 0 Å². The van der Waals surface area contributed by atoms with Gasteiger partial charge in [-0.15, -0.1) is 0 Å². The summed E-state index contributed by atoms with van der Waals surface area (Å²) in [6, 6.07) is 4.01. The highest BCUT2D eigenvalue weighted by molar-refractivity contribution is 5.28. The molecule has 1 aromatic carbocycles. The minimum Gasteiger partial charge on any atom is -0.241 e. The lowest BCUT2D eigenvalue weighted by Crippen LogP contribution is -2.07. The lowest BCUT2D eigenvalue weighted by atomic mass is 10.1. The normalized spacial score (nSPS) is 11.6. The van der Waals surface area contributed by atoms with Gasteiger partial charge in [0.1, 0.15) is 11.6 Å². The van der Waals surface area contributed by atoms with E-state index in [0.29, 0.717) is 11.9 Å². The Morgan fingerprint density at radius 3 is 2.28 bits per heavy atom. The second-order valence-electron chi connectivity index (χ2n) is 3.69. The van der Waals surface area contributed by atoms with Crippen molar-refractivity contribution in [1.82, 2.24) is 9.97 Å². The fourth-order valence-electron chi connectivity index (χ4n) is 1.52. The fraction of sp³-hybridized carbons (Fsp3) is 0.167. The zero-order valence-corrected chi connectivity index (χ0v) is 9.08. The maximum Gasteiger partial charge on any atom is 0.416 e. The van der Waals surface area contributed by atoms with Crippen LogP contribution in [0.25, 0.3) is 0 Å². The van der Waals surface area contributed by atoms with Gasteiger partial charge in [0.25, 0.3) is 0 Å². The number of alkyl halides is 3. The highest BCUT2D eigenvalue weighted by atomic mass is 19.4. The Kier molecular flexibility index (Phi) is 3.27. The smallest absolute Gasteiger partial charge is 0.241 e. The summed E-state index contributed by atoms with van der Waals surface area (Å²) < 4.78 is 50.6. The van der Waals surface area contributed by atoms with Crippen LogP contribution in [-0.2, 0) is 12.6 Å². The molecule has 0 bridgehead atoms. The van der Waals surface area contributed by atoms with Crippen LogP contribution in [-0.4, -0.2) is 9.97 Å². The molecule has 0 amide bonds. The third-order valence-electron chi connectivity index (χ3n) is 2.27. The van der Waals surface area contributed by atoms with E-state index >= 15 is 0 Å². The minimum absolute atomic E-state index is 0.0572. The summed E-state index contributed by atoms with van der Waals surface area (Å²) in [5.74, 6) is -0.577. The largest absolute Gasteiger partial charge is 0.416 e. The average molecular weight is 256 g/mol. The van der Waals surface area contributed by atoms with Crippen molar-refractivity contribution in [1.29, 1.82) is 0 Å². The molecule has 0 N–H and O–H groups in total. The number of hydrogen-bond acceptors (Lipinski definition) is 2. The summed E-state index contributed by atoms with van der Waals surface area (Å²) in [6.45, 7) is 0. The Balaban J connectivity index is 2.32. The van der Waals surface area contributed by atoms with E-state index in [-0.39, 0.29) is 12.0 Å². The highest BCUT2D eigenvalue weighted by Gasteiger charge is 2.31. The molecular weight excluding hydrogens is 248 g/mol. The Morgan fingerprint density at radius 2 is 1.67 bits per heavy atom. The average Bonchev–Trinajstić information content (AvgIpc) is 2.28. The summed E-state index contributed by atoms with van der Waals surface area (Å²) in [7, 11) is 0. The van der Waals surface area contributed by atoms with Crippen LogP contribution in [0.15, 0.2) is 36.7 Å². The minimum atomic E-state index is -4.56. The van der Waals surface area contributed by atoms with E-state index in [4.69, 9.17) is 0 Å². The summed E-state index contributed by atoms with van der Waals surface area (Å²) in [6.07, 6.45) is -1.55. The van der Waals surface area contributed by atoms with Crippen molar-refractivity contribution in [3.63, 3.8) is 0 Å². The molecule has 0 radical (unpaired) electrons. The maximum atomic E-state index is 13.1. The van der Waals surface area contributed by atoms with Gasteiger partial charge >= 0.3 is 6.18 Å². The number of benzene rings is 1. The van der Waals surface area contributed by atoms with Crippen molar-refractivity contribution in [2.24, 2.45) is 0 Å². The molecule has 1 heterocycles. The molecule has 0 saturated carbocycles. The second-order valence-corrected chi connectivity index (χ2v) is 3.69. The zero-order valence-electron chi connectivity index (χ0n) is 9.08. The first-order valence-electron chi connectivity index (χ1n) is 5.08. The molecule has 0 aliphatic heterocycles. The van der Waals surface area contributed by atoms with E-state index in [9.17, 15) is 17.6 Å². The predicted octanol–water partition coefficient (Wildman–Crippen LogP) is 3.23. The molecule has 0 aliphatic rings. The second kappa shape index (κ2) is 4.72. The number of rotatable bonds is 2. The molecule has 2 nitrogen and oxygen atoms in total. The van der Waals surface area contributed by atoms with Crippen LogP contribution in [0.3, 0.4) is 0 Å². The lowest BCUT2D eigenvalue weighted by Gasteiger charge is -2.09. The molecule has 1 aromatic heterocycles. The van der Waals surface area contributed by atoms with Gasteiger partial charge in [0.2, 0.25) is 0 Å². The van der Waals surface area contributed by atoms with Gasteiger partial charge in [0.05, 0.1) is 5.56 Å². The molecule has 0 saturated heterocycles. The van der Waals surface area contributed by atoms with E-state index in [0.717, 1.165) is 12.1 Å². The van der Waals surface area contributed by atoms with Crippen LogP contribution in [0, 0.1) is 5.82 Å². The maximum absolute atomic E-state index is 13.1. The molecule has 0 fully saturated rings. The van der Waals surface area contributed by atoms with Crippen molar-refractivity contribution < 1.29 is 17.6 Å². The first kappa shape index (κ1) is 12.5. The van der Waals surface area contributed by atoms with Crippen LogP contribution >= 0.6 is 0 Å². The summed E-state index contributed by atoms with van der Waals surface area (Å²) in [5, 5.41) is 0. The van der Waals surface area contributed by atoms with Crippen LogP contribution in [0.5, 0.6) is 0 Å². The van der Waals surface area contributed by atoms with E-state index < -0.39 is 17.6 Å². The van der Waals surface area contributed by atoms with Crippen molar-refractivity contribution in [2.45, 2.75) is 12.6 Å². The molecule has 2 rings (SSSR count). The van der Waals surface area contributed by atoms with Gasteiger partial charge in [-0.05, 0) is 29.8 Å². The van der Waals surface area contributed by atoms with Gasteiger partial charge < -0.3 is 0 Å². The van der Waals surface area contributed by atoms with Crippen LogP contribution in [0.1, 0.15) is 17.0 Å². The number of nitrogens with zero attached hydrogens (tertiary/aromatic N) is 2. The van der Waals surface area contributed by atoms with Gasteiger partial charge in [0, 0.05) is 18.8 Å². The molecule has 94 valence electrons. The molecule has 0 aliphatic carbocycles. The van der Waals surface area contributed by atoms with Gasteiger partial charge in [-0.3, -0.25) is 0 Å². The molecule has 0 spiro atoms. The predicted molar refractivity (Wildman–Crippen MR) is 56.2 cm³/mol. The molecule has 2 aromatic rings. The SMILES string of the molecule is Fc1cc(Cc2ncccn2)cc(C(F)(F)F)c1. The summed E-state index contributed by atoms with van der Waals surface area (Å²) in [5.41, 5.74) is -0.818. The first-order chi connectivity index (χ1) is 8.45. The van der Waals surface area contributed by atoms with Crippen LogP contribution in [0.2, 0.25) is 0 Å². The standard InChI is InChI=1S/C12H8F4N2/c13-10-5-8(4-9(7-10)12(14,15)16)6-11-17-2-1-3-18-11/h1-5,7H,6H2. The lowest BCUT2D eigenvalue weighted by molar-refractivity contribution is -0.137. The fourth-order valence-corrected chi connectivity index (χ4v) is 1.52. The van der Waals surface area contributed by atoms with E-state index in [1.807, 2.05) is 0 Å². The third-order valence-corrected chi connectivity index (χ3v) is 2.27. The quantitative estimate of drug-likeness (QED) is 0.771. The molecule has 0 unspecified atom stereocenters. The summed E-state index contributed by atoms with van der Waals surface area (Å²) >= 11 is 0. The monoisotopic (exact) mass is 256 g/mol. The third kappa shape index (κ3) is 3.03. The zero-order chi connectivity index (χ0) is 13.2. The first-order valence-corrected chi connectivity index (χ1v) is 5.08. The number of halogens is 4. The number of aromatic nitrogens is 2. The molecular formula is C12H8F4N2. The Labute approximate surface area is 100 Å². The van der Waals surface area contributed by atoms with Gasteiger partial charge in [-0.2, -0.15) is 13.2 Å². The number of hydrogen-bond donors (Lipinski definition) is 0. The molecule has 18 heavy (non-hydrogen) atoms. The molecule has 6 heteroatoms. The Hall–Kier alpha value is -1.98. The topological polar surface area (TPSA) is 25.8 Å². The summed E-state index contributed by atoms with van der Waals surface area (Å²) in [4.78, 5) is 7.76.